The number of nitrogens with one attached hydrogen (secondary N) is 1. The Hall–Kier alpha value is -2.82. The minimum Gasteiger partial charge on any atom is -0.357 e. The van der Waals surface area contributed by atoms with Gasteiger partial charge in [0.2, 0.25) is 11.8 Å². The summed E-state index contributed by atoms with van der Waals surface area (Å²) >= 11 is 4.91. The van der Waals surface area contributed by atoms with Gasteiger partial charge < -0.3 is 10.2 Å². The van der Waals surface area contributed by atoms with Gasteiger partial charge in [0.1, 0.15) is 12.6 Å². The Morgan fingerprint density at radius 1 is 0.973 bits per heavy atom. The number of hydrogen-bond acceptors (Lipinski definition) is 5. The van der Waals surface area contributed by atoms with E-state index in [1.54, 1.807) is 55.5 Å². The molecule has 3 rings (SSSR count). The molecule has 1 atom stereocenters. The molecule has 0 aromatic heterocycles. The number of hydrogen-bond donors (Lipinski definition) is 1. The van der Waals surface area contributed by atoms with Gasteiger partial charge in [-0.25, -0.2) is 8.42 Å². The maximum Gasteiger partial charge on any atom is 0.264 e. The molecule has 3 aromatic carbocycles. The van der Waals surface area contributed by atoms with E-state index in [1.165, 1.54) is 23.7 Å². The van der Waals surface area contributed by atoms with Crippen LogP contribution in [-0.2, 0) is 26.2 Å². The number of likely N-dealkylation sites (N-methyl/N-ethyl adjacent to an activating group) is 1. The third kappa shape index (κ3) is 7.15. The molecule has 0 aliphatic carbocycles. The van der Waals surface area contributed by atoms with Crippen LogP contribution < -0.4 is 9.62 Å². The zero-order valence-electron chi connectivity index (χ0n) is 21.1. The van der Waals surface area contributed by atoms with Gasteiger partial charge in [-0.3, -0.25) is 13.9 Å². The van der Waals surface area contributed by atoms with Gasteiger partial charge in [0, 0.05) is 23.0 Å². The smallest absolute Gasteiger partial charge is 0.264 e. The van der Waals surface area contributed by atoms with Crippen molar-refractivity contribution in [2.45, 2.75) is 36.2 Å². The molecular weight excluding hydrogens is 574 g/mol. The Kier molecular flexibility index (Phi) is 9.80. The van der Waals surface area contributed by atoms with Gasteiger partial charge in [-0.2, -0.15) is 0 Å². The minimum absolute atomic E-state index is 0.0810. The van der Waals surface area contributed by atoms with Gasteiger partial charge in [0.25, 0.3) is 10.0 Å². The van der Waals surface area contributed by atoms with E-state index in [1.807, 2.05) is 37.4 Å². The van der Waals surface area contributed by atoms with Crippen LogP contribution in [0, 0.1) is 6.92 Å². The molecule has 0 aliphatic heterocycles. The van der Waals surface area contributed by atoms with E-state index < -0.39 is 28.5 Å². The number of benzene rings is 3. The molecule has 0 saturated carbocycles. The van der Waals surface area contributed by atoms with Crippen molar-refractivity contribution < 1.29 is 18.0 Å². The predicted molar refractivity (Wildman–Crippen MR) is 152 cm³/mol. The standard InChI is InChI=1S/C27H30BrN3O4S2/c1-19-5-11-23(12-6-19)31(37(34,35)25-15-13-24(36-4)14-16-25)18-26(32)30(20(2)27(33)29-3)17-21-7-9-22(28)10-8-21/h5-16,20H,17-18H2,1-4H3,(H,29,33). The normalized spacial score (nSPS) is 12.0. The van der Waals surface area contributed by atoms with Crippen molar-refractivity contribution in [1.29, 1.82) is 0 Å². The van der Waals surface area contributed by atoms with E-state index in [2.05, 4.69) is 21.2 Å². The molecule has 0 saturated heterocycles. The quantitative estimate of drug-likeness (QED) is 0.335. The second-order valence-corrected chi connectivity index (χ2v) is 12.1. The van der Waals surface area contributed by atoms with Crippen molar-refractivity contribution in [2.75, 3.05) is 24.2 Å². The second kappa shape index (κ2) is 12.6. The van der Waals surface area contributed by atoms with E-state index in [0.29, 0.717) is 5.69 Å². The van der Waals surface area contributed by atoms with Crippen LogP contribution in [0.15, 0.2) is 87.1 Å². The van der Waals surface area contributed by atoms with Crippen molar-refractivity contribution in [3.8, 4) is 0 Å². The lowest BCUT2D eigenvalue weighted by Gasteiger charge is -2.31. The summed E-state index contributed by atoms with van der Waals surface area (Å²) in [6.07, 6.45) is 1.91. The van der Waals surface area contributed by atoms with Crippen molar-refractivity contribution >= 4 is 55.2 Å². The lowest BCUT2D eigenvalue weighted by molar-refractivity contribution is -0.139. The fourth-order valence-electron chi connectivity index (χ4n) is 3.69. The fourth-order valence-corrected chi connectivity index (χ4v) is 5.78. The largest absolute Gasteiger partial charge is 0.357 e. The molecule has 0 spiro atoms. The number of nitrogens with zero attached hydrogens (tertiary/aromatic N) is 2. The highest BCUT2D eigenvalue weighted by Gasteiger charge is 2.32. The van der Waals surface area contributed by atoms with Crippen molar-refractivity contribution in [2.24, 2.45) is 0 Å². The zero-order valence-corrected chi connectivity index (χ0v) is 24.4. The number of sulfonamides is 1. The lowest BCUT2D eigenvalue weighted by atomic mass is 10.1. The number of aryl methyl sites for hydroxylation is 1. The van der Waals surface area contributed by atoms with Crippen molar-refractivity contribution in [1.82, 2.24) is 10.2 Å². The molecule has 1 N–H and O–H groups in total. The van der Waals surface area contributed by atoms with Crippen LogP contribution in [0.25, 0.3) is 0 Å². The van der Waals surface area contributed by atoms with Gasteiger partial charge in [0.15, 0.2) is 0 Å². The Labute approximate surface area is 231 Å². The Morgan fingerprint density at radius 3 is 2.11 bits per heavy atom. The number of anilines is 1. The Morgan fingerprint density at radius 2 is 1.57 bits per heavy atom. The third-order valence-electron chi connectivity index (χ3n) is 5.93. The SMILES string of the molecule is CNC(=O)C(C)N(Cc1ccc(Br)cc1)C(=O)CN(c1ccc(C)cc1)S(=O)(=O)c1ccc(SC)cc1. The number of rotatable bonds is 10. The maximum absolute atomic E-state index is 13.8. The molecular formula is C27H30BrN3O4S2. The van der Waals surface area contributed by atoms with Crippen LogP contribution >= 0.6 is 27.7 Å². The molecule has 1 unspecified atom stereocenters. The van der Waals surface area contributed by atoms with E-state index in [0.717, 1.165) is 24.8 Å². The molecule has 37 heavy (non-hydrogen) atoms. The number of carbonyl (C=O) groups excluding carboxylic acids is 2. The summed E-state index contributed by atoms with van der Waals surface area (Å²) in [5, 5.41) is 2.58. The first-order valence-corrected chi connectivity index (χ1v) is 15.0. The van der Waals surface area contributed by atoms with Crippen LogP contribution in [-0.4, -0.2) is 51.0 Å². The van der Waals surface area contributed by atoms with Crippen LogP contribution in [0.5, 0.6) is 0 Å². The predicted octanol–water partition coefficient (Wildman–Crippen LogP) is 4.84. The summed E-state index contributed by atoms with van der Waals surface area (Å²) in [5.74, 6) is -0.841. The Bertz CT molecular complexity index is 1330. The van der Waals surface area contributed by atoms with E-state index in [-0.39, 0.29) is 17.3 Å². The molecule has 3 aromatic rings. The molecule has 0 aliphatic rings. The molecule has 0 fully saturated rings. The summed E-state index contributed by atoms with van der Waals surface area (Å²) in [5.41, 5.74) is 2.13. The number of carbonyl (C=O) groups is 2. The number of amides is 2. The van der Waals surface area contributed by atoms with E-state index in [4.69, 9.17) is 0 Å². The summed E-state index contributed by atoms with van der Waals surface area (Å²) in [7, 11) is -2.58. The molecule has 2 amide bonds. The highest BCUT2D eigenvalue weighted by Crippen LogP contribution is 2.26. The van der Waals surface area contributed by atoms with Crippen LogP contribution in [0.4, 0.5) is 5.69 Å². The van der Waals surface area contributed by atoms with Gasteiger partial charge in [0.05, 0.1) is 10.6 Å². The third-order valence-corrected chi connectivity index (χ3v) is 8.99. The fraction of sp³-hybridized carbons (Fsp3) is 0.259. The maximum atomic E-state index is 13.8. The zero-order chi connectivity index (χ0) is 27.2. The lowest BCUT2D eigenvalue weighted by Crippen LogP contribution is -2.50. The van der Waals surface area contributed by atoms with Gasteiger partial charge in [-0.15, -0.1) is 11.8 Å². The van der Waals surface area contributed by atoms with E-state index in [9.17, 15) is 18.0 Å². The Balaban J connectivity index is 2.01. The monoisotopic (exact) mass is 603 g/mol. The number of thioether (sulfide) groups is 1. The summed E-state index contributed by atoms with van der Waals surface area (Å²) in [6.45, 7) is 3.21. The summed E-state index contributed by atoms with van der Waals surface area (Å²) in [4.78, 5) is 28.7. The highest BCUT2D eigenvalue weighted by atomic mass is 79.9. The second-order valence-electron chi connectivity index (χ2n) is 8.46. The van der Waals surface area contributed by atoms with Crippen LogP contribution in [0.1, 0.15) is 18.1 Å². The average molecular weight is 605 g/mol. The molecule has 196 valence electrons. The number of halogens is 1. The molecule has 0 radical (unpaired) electrons. The first kappa shape index (κ1) is 28.7. The van der Waals surface area contributed by atoms with Crippen LogP contribution in [0.3, 0.4) is 0 Å². The van der Waals surface area contributed by atoms with Gasteiger partial charge in [-0.05, 0) is 74.2 Å². The molecule has 7 nitrogen and oxygen atoms in total. The summed E-state index contributed by atoms with van der Waals surface area (Å²) < 4.78 is 29.6. The van der Waals surface area contributed by atoms with Crippen LogP contribution in [0.2, 0.25) is 0 Å². The minimum atomic E-state index is -4.08. The summed E-state index contributed by atoms with van der Waals surface area (Å²) in [6, 6.07) is 20.1. The van der Waals surface area contributed by atoms with Gasteiger partial charge >= 0.3 is 0 Å². The van der Waals surface area contributed by atoms with Gasteiger partial charge in [-0.1, -0.05) is 45.8 Å². The van der Waals surface area contributed by atoms with Crippen molar-refractivity contribution in [3.05, 3.63) is 88.4 Å². The van der Waals surface area contributed by atoms with E-state index >= 15 is 0 Å². The molecule has 0 bridgehead atoms. The molecule has 10 heteroatoms. The topological polar surface area (TPSA) is 86.8 Å². The first-order chi connectivity index (χ1) is 17.6. The highest BCUT2D eigenvalue weighted by molar-refractivity contribution is 9.10. The average Bonchev–Trinajstić information content (AvgIpc) is 2.91. The van der Waals surface area contributed by atoms with Crippen molar-refractivity contribution in [3.63, 3.8) is 0 Å². The molecule has 0 heterocycles. The first-order valence-electron chi connectivity index (χ1n) is 11.6.